The van der Waals surface area contributed by atoms with Gasteiger partial charge in [-0.25, -0.2) is 4.79 Å². The fourth-order valence-corrected chi connectivity index (χ4v) is 2.81. The summed E-state index contributed by atoms with van der Waals surface area (Å²) in [6.07, 6.45) is 2.34. The second kappa shape index (κ2) is 4.23. The van der Waals surface area contributed by atoms with Gasteiger partial charge in [-0.3, -0.25) is 4.68 Å². The quantitative estimate of drug-likeness (QED) is 0.898. The largest absolute Gasteiger partial charge is 0.476 e. The molecule has 0 saturated carbocycles. The summed E-state index contributed by atoms with van der Waals surface area (Å²) in [7, 11) is 1.78. The van der Waals surface area contributed by atoms with Crippen LogP contribution in [0.15, 0.2) is 24.3 Å². The minimum Gasteiger partial charge on any atom is -0.476 e. The van der Waals surface area contributed by atoms with Crippen molar-refractivity contribution < 1.29 is 9.90 Å². The van der Waals surface area contributed by atoms with Crippen molar-refractivity contribution in [2.24, 2.45) is 7.05 Å². The Bertz CT molecular complexity index is 658. The summed E-state index contributed by atoms with van der Waals surface area (Å²) in [6, 6.07) is 8.01. The highest BCUT2D eigenvalue weighted by atomic mass is 16.4. The first-order chi connectivity index (χ1) is 9.06. The van der Waals surface area contributed by atoms with Crippen molar-refractivity contribution in [3.05, 3.63) is 41.1 Å². The van der Waals surface area contributed by atoms with Crippen LogP contribution in [-0.2, 0) is 13.5 Å². The third kappa shape index (κ3) is 1.93. The Morgan fingerprint density at radius 1 is 1.42 bits per heavy atom. The molecule has 0 fully saturated rings. The number of aromatic nitrogens is 2. The highest BCUT2D eigenvalue weighted by Gasteiger charge is 2.20. The molecular weight excluding hydrogens is 240 g/mol. The molecular formula is C15H16N2O2. The molecule has 19 heavy (non-hydrogen) atoms. The van der Waals surface area contributed by atoms with Crippen LogP contribution in [0.25, 0.3) is 11.3 Å². The zero-order chi connectivity index (χ0) is 13.6. The van der Waals surface area contributed by atoms with E-state index in [1.54, 1.807) is 17.8 Å². The van der Waals surface area contributed by atoms with Crippen LogP contribution in [0.4, 0.5) is 0 Å². The lowest BCUT2D eigenvalue weighted by atomic mass is 9.99. The van der Waals surface area contributed by atoms with Crippen LogP contribution < -0.4 is 0 Å². The number of aryl methyl sites for hydroxylation is 2. The molecule has 1 N–H and O–H groups in total. The number of carbonyl (C=O) groups is 1. The first-order valence-corrected chi connectivity index (χ1v) is 6.47. The van der Waals surface area contributed by atoms with E-state index < -0.39 is 5.97 Å². The fraction of sp³-hybridized carbons (Fsp3) is 0.333. The van der Waals surface area contributed by atoms with Crippen molar-refractivity contribution in [3.63, 3.8) is 0 Å². The van der Waals surface area contributed by atoms with Crippen molar-refractivity contribution >= 4 is 5.97 Å². The van der Waals surface area contributed by atoms with Gasteiger partial charge < -0.3 is 5.11 Å². The Morgan fingerprint density at radius 3 is 2.89 bits per heavy atom. The molecule has 1 aliphatic rings. The van der Waals surface area contributed by atoms with Crippen LogP contribution in [0.5, 0.6) is 0 Å². The van der Waals surface area contributed by atoms with E-state index in [2.05, 4.69) is 30.2 Å². The molecule has 4 nitrogen and oxygen atoms in total. The number of benzene rings is 1. The van der Waals surface area contributed by atoms with Gasteiger partial charge >= 0.3 is 5.97 Å². The molecule has 98 valence electrons. The Hall–Kier alpha value is -2.10. The molecule has 0 bridgehead atoms. The molecule has 0 spiro atoms. The molecule has 1 aromatic carbocycles. The van der Waals surface area contributed by atoms with E-state index in [9.17, 15) is 4.79 Å². The monoisotopic (exact) mass is 256 g/mol. The average molecular weight is 256 g/mol. The highest BCUT2D eigenvalue weighted by molar-refractivity contribution is 5.87. The molecule has 0 radical (unpaired) electrons. The van der Waals surface area contributed by atoms with Crippen LogP contribution in [0.3, 0.4) is 0 Å². The van der Waals surface area contributed by atoms with E-state index in [-0.39, 0.29) is 5.69 Å². The molecule has 0 aliphatic heterocycles. The molecule has 2 aromatic rings. The fourth-order valence-electron chi connectivity index (χ4n) is 2.81. The normalized spacial score (nSPS) is 17.5. The maximum atomic E-state index is 11.0. The van der Waals surface area contributed by atoms with Crippen LogP contribution in [-0.4, -0.2) is 20.9 Å². The summed E-state index contributed by atoms with van der Waals surface area (Å²) in [6.45, 7) is 2.24. The SMILES string of the molecule is CC1CCc2ccc(-c3cc(C(=O)O)nn3C)cc21. The zero-order valence-electron chi connectivity index (χ0n) is 11.1. The van der Waals surface area contributed by atoms with Gasteiger partial charge in [0.1, 0.15) is 0 Å². The summed E-state index contributed by atoms with van der Waals surface area (Å²) in [5, 5.41) is 13.0. The van der Waals surface area contributed by atoms with E-state index in [1.165, 1.54) is 17.5 Å². The van der Waals surface area contributed by atoms with E-state index in [4.69, 9.17) is 5.11 Å². The maximum Gasteiger partial charge on any atom is 0.356 e. The van der Waals surface area contributed by atoms with E-state index in [1.807, 2.05) is 0 Å². The Morgan fingerprint density at radius 2 is 2.21 bits per heavy atom. The summed E-state index contributed by atoms with van der Waals surface area (Å²) >= 11 is 0. The van der Waals surface area contributed by atoms with Gasteiger partial charge in [-0.2, -0.15) is 5.10 Å². The summed E-state index contributed by atoms with van der Waals surface area (Å²) < 4.78 is 1.63. The lowest BCUT2D eigenvalue weighted by molar-refractivity contribution is 0.0689. The molecule has 1 aliphatic carbocycles. The Kier molecular flexibility index (Phi) is 2.66. The van der Waals surface area contributed by atoms with E-state index in [0.29, 0.717) is 5.92 Å². The zero-order valence-corrected chi connectivity index (χ0v) is 11.1. The number of hydrogen-bond acceptors (Lipinski definition) is 2. The number of nitrogens with zero attached hydrogens (tertiary/aromatic N) is 2. The molecule has 0 saturated heterocycles. The van der Waals surface area contributed by atoms with Crippen molar-refractivity contribution in [2.45, 2.75) is 25.7 Å². The lowest BCUT2D eigenvalue weighted by Crippen LogP contribution is -1.99. The number of fused-ring (bicyclic) bond motifs is 1. The summed E-state index contributed by atoms with van der Waals surface area (Å²) in [5.41, 5.74) is 4.77. The van der Waals surface area contributed by atoms with Crippen molar-refractivity contribution in [1.29, 1.82) is 0 Å². The smallest absolute Gasteiger partial charge is 0.356 e. The first-order valence-electron chi connectivity index (χ1n) is 6.47. The number of rotatable bonds is 2. The molecule has 4 heteroatoms. The third-order valence-electron chi connectivity index (χ3n) is 3.92. The van der Waals surface area contributed by atoms with Gasteiger partial charge in [0.15, 0.2) is 5.69 Å². The third-order valence-corrected chi connectivity index (χ3v) is 3.92. The molecule has 1 unspecified atom stereocenters. The van der Waals surface area contributed by atoms with Crippen molar-refractivity contribution in [1.82, 2.24) is 9.78 Å². The van der Waals surface area contributed by atoms with Gasteiger partial charge in [0.05, 0.1) is 5.69 Å². The number of carboxylic acids is 1. The van der Waals surface area contributed by atoms with Gasteiger partial charge in [0.2, 0.25) is 0 Å². The van der Waals surface area contributed by atoms with Crippen LogP contribution >= 0.6 is 0 Å². The first kappa shape index (κ1) is 12.0. The minimum absolute atomic E-state index is 0.0889. The molecule has 3 rings (SSSR count). The van der Waals surface area contributed by atoms with Gasteiger partial charge in [-0.15, -0.1) is 0 Å². The predicted molar refractivity (Wildman–Crippen MR) is 72.3 cm³/mol. The molecule has 1 heterocycles. The second-order valence-corrected chi connectivity index (χ2v) is 5.20. The van der Waals surface area contributed by atoms with Crippen LogP contribution in [0, 0.1) is 0 Å². The summed E-state index contributed by atoms with van der Waals surface area (Å²) in [4.78, 5) is 11.0. The van der Waals surface area contributed by atoms with Crippen LogP contribution in [0.1, 0.15) is 40.9 Å². The number of carboxylic acid groups (broad SMARTS) is 1. The Balaban J connectivity index is 2.08. The second-order valence-electron chi connectivity index (χ2n) is 5.20. The predicted octanol–water partition coefficient (Wildman–Crippen LogP) is 2.84. The van der Waals surface area contributed by atoms with Gasteiger partial charge in [0.25, 0.3) is 0 Å². The van der Waals surface area contributed by atoms with Crippen molar-refractivity contribution in [3.8, 4) is 11.3 Å². The maximum absolute atomic E-state index is 11.0. The molecule has 1 atom stereocenters. The minimum atomic E-state index is -0.989. The van der Waals surface area contributed by atoms with E-state index >= 15 is 0 Å². The average Bonchev–Trinajstić information content (AvgIpc) is 2.93. The van der Waals surface area contributed by atoms with E-state index in [0.717, 1.165) is 17.7 Å². The van der Waals surface area contributed by atoms with Gasteiger partial charge in [-0.05, 0) is 42.0 Å². The molecule has 0 amide bonds. The van der Waals surface area contributed by atoms with Crippen LogP contribution in [0.2, 0.25) is 0 Å². The highest BCUT2D eigenvalue weighted by Crippen LogP contribution is 2.35. The number of hydrogen-bond donors (Lipinski definition) is 1. The van der Waals surface area contributed by atoms with Gasteiger partial charge in [-0.1, -0.05) is 19.1 Å². The lowest BCUT2D eigenvalue weighted by Gasteiger charge is -2.08. The van der Waals surface area contributed by atoms with Crippen molar-refractivity contribution in [2.75, 3.05) is 0 Å². The summed E-state index contributed by atoms with van der Waals surface area (Å²) in [5.74, 6) is -0.404. The molecule has 1 aromatic heterocycles. The van der Waals surface area contributed by atoms with Gasteiger partial charge in [0, 0.05) is 12.6 Å². The topological polar surface area (TPSA) is 55.1 Å². The Labute approximate surface area is 111 Å². The standard InChI is InChI=1S/C15H16N2O2/c1-9-3-4-10-5-6-11(7-12(9)10)14-8-13(15(18)19)16-17(14)2/h5-9H,3-4H2,1-2H3,(H,18,19). The number of aromatic carboxylic acids is 1.